The molecule has 2 unspecified atom stereocenters. The third kappa shape index (κ3) is 2.80. The van der Waals surface area contributed by atoms with Crippen LogP contribution in [0.25, 0.3) is 0 Å². The average molecular weight is 355 g/mol. The standard InChI is InChI=1S/C20H22FN3S/c1-13-12-25-19(23-18-7-5-4-6-17(18)21)24(13)22-11-14-8-9-15-10-16(14)20(15,2)3/h4-8,11-12,15-16H,9-10H2,1-3H3. The van der Waals surface area contributed by atoms with Gasteiger partial charge in [-0.05, 0) is 54.7 Å². The maximum Gasteiger partial charge on any atom is 0.211 e. The van der Waals surface area contributed by atoms with Crippen molar-refractivity contribution >= 4 is 23.2 Å². The molecule has 2 atom stereocenters. The SMILES string of the molecule is Cc1csc(=Nc2ccccc2F)n1N=CC1=CCC2CC1C2(C)C. The van der Waals surface area contributed by atoms with Gasteiger partial charge in [0, 0.05) is 5.38 Å². The van der Waals surface area contributed by atoms with E-state index in [4.69, 9.17) is 0 Å². The molecule has 0 radical (unpaired) electrons. The molecular formula is C20H22FN3S. The Balaban J connectivity index is 1.67. The summed E-state index contributed by atoms with van der Waals surface area (Å²) in [5, 5.41) is 6.67. The van der Waals surface area contributed by atoms with Crippen LogP contribution in [0.4, 0.5) is 10.1 Å². The van der Waals surface area contributed by atoms with E-state index in [1.165, 1.54) is 29.4 Å². The summed E-state index contributed by atoms with van der Waals surface area (Å²) in [5.74, 6) is 1.10. The van der Waals surface area contributed by atoms with Gasteiger partial charge in [0.05, 0.1) is 11.9 Å². The van der Waals surface area contributed by atoms with Gasteiger partial charge < -0.3 is 0 Å². The zero-order valence-corrected chi connectivity index (χ0v) is 15.6. The highest BCUT2D eigenvalue weighted by Crippen LogP contribution is 2.58. The van der Waals surface area contributed by atoms with Gasteiger partial charge in [-0.1, -0.05) is 32.1 Å². The van der Waals surface area contributed by atoms with E-state index in [1.54, 1.807) is 22.9 Å². The second kappa shape index (κ2) is 6.06. The molecule has 0 saturated heterocycles. The number of fused-ring (bicyclic) bond motifs is 1. The van der Waals surface area contributed by atoms with Gasteiger partial charge in [-0.2, -0.15) is 5.10 Å². The van der Waals surface area contributed by atoms with Crippen molar-refractivity contribution in [1.29, 1.82) is 0 Å². The van der Waals surface area contributed by atoms with Crippen LogP contribution in [0.15, 0.2) is 51.4 Å². The van der Waals surface area contributed by atoms with Crippen molar-refractivity contribution in [1.82, 2.24) is 4.68 Å². The molecule has 3 nitrogen and oxygen atoms in total. The highest BCUT2D eigenvalue weighted by atomic mass is 32.1. The van der Waals surface area contributed by atoms with Crippen LogP contribution in [0, 0.1) is 30.0 Å². The van der Waals surface area contributed by atoms with Crippen LogP contribution < -0.4 is 4.80 Å². The normalized spacial score (nSPS) is 25.1. The second-order valence-electron chi connectivity index (χ2n) is 7.53. The summed E-state index contributed by atoms with van der Waals surface area (Å²) in [6, 6.07) is 6.56. The van der Waals surface area contributed by atoms with Gasteiger partial charge in [0.2, 0.25) is 4.80 Å². The molecule has 0 spiro atoms. The van der Waals surface area contributed by atoms with E-state index in [0.717, 1.165) is 18.0 Å². The molecular weight excluding hydrogens is 333 g/mol. The first-order chi connectivity index (χ1) is 12.0. The van der Waals surface area contributed by atoms with Crippen LogP contribution in [-0.2, 0) is 0 Å². The molecule has 3 aliphatic rings. The van der Waals surface area contributed by atoms with Crippen molar-refractivity contribution in [2.45, 2.75) is 33.6 Å². The lowest BCUT2D eigenvalue weighted by Crippen LogP contribution is -2.48. The predicted octanol–water partition coefficient (Wildman–Crippen LogP) is 5.06. The largest absolute Gasteiger partial charge is 0.217 e. The minimum atomic E-state index is -0.318. The van der Waals surface area contributed by atoms with E-state index in [0.29, 0.717) is 21.8 Å². The Bertz CT molecular complexity index is 932. The zero-order valence-electron chi connectivity index (χ0n) is 14.7. The van der Waals surface area contributed by atoms with Crippen molar-refractivity contribution in [3.8, 4) is 0 Å². The fourth-order valence-corrected chi connectivity index (χ4v) is 4.74. The lowest BCUT2D eigenvalue weighted by Gasteiger charge is -2.55. The summed E-state index contributed by atoms with van der Waals surface area (Å²) in [7, 11) is 0. The maximum absolute atomic E-state index is 13.9. The van der Waals surface area contributed by atoms with Gasteiger partial charge in [0.25, 0.3) is 0 Å². The molecule has 2 bridgehead atoms. The first-order valence-electron chi connectivity index (χ1n) is 8.67. The van der Waals surface area contributed by atoms with Crippen molar-refractivity contribution in [2.24, 2.45) is 27.3 Å². The molecule has 0 aliphatic heterocycles. The summed E-state index contributed by atoms with van der Waals surface area (Å²) in [4.78, 5) is 5.14. The number of aryl methyl sites for hydroxylation is 1. The molecule has 1 saturated carbocycles. The van der Waals surface area contributed by atoms with E-state index < -0.39 is 0 Å². The number of para-hydroxylation sites is 1. The first kappa shape index (κ1) is 16.5. The number of hydrogen-bond acceptors (Lipinski definition) is 3. The third-order valence-corrected chi connectivity index (χ3v) is 6.69. The fourth-order valence-electron chi connectivity index (χ4n) is 3.92. The number of hydrogen-bond donors (Lipinski definition) is 0. The van der Waals surface area contributed by atoms with Crippen LogP contribution in [0.3, 0.4) is 0 Å². The fraction of sp³-hybridized carbons (Fsp3) is 0.400. The number of aromatic nitrogens is 1. The van der Waals surface area contributed by atoms with Crippen molar-refractivity contribution in [3.63, 3.8) is 0 Å². The molecule has 0 amide bonds. The highest BCUT2D eigenvalue weighted by molar-refractivity contribution is 7.07. The van der Waals surface area contributed by atoms with Gasteiger partial charge >= 0.3 is 0 Å². The van der Waals surface area contributed by atoms with E-state index >= 15 is 0 Å². The van der Waals surface area contributed by atoms with E-state index in [-0.39, 0.29) is 5.82 Å². The number of benzene rings is 1. The molecule has 5 heteroatoms. The molecule has 130 valence electrons. The lowest BCUT2D eigenvalue weighted by molar-refractivity contribution is -0.00127. The molecule has 25 heavy (non-hydrogen) atoms. The lowest BCUT2D eigenvalue weighted by atomic mass is 9.49. The molecule has 1 heterocycles. The van der Waals surface area contributed by atoms with Crippen molar-refractivity contribution in [3.05, 3.63) is 57.6 Å². The maximum atomic E-state index is 13.9. The number of allylic oxidation sites excluding steroid dienone is 2. The Morgan fingerprint density at radius 1 is 1.32 bits per heavy atom. The predicted molar refractivity (Wildman–Crippen MR) is 101 cm³/mol. The summed E-state index contributed by atoms with van der Waals surface area (Å²) in [5.41, 5.74) is 3.04. The van der Waals surface area contributed by atoms with Gasteiger partial charge in [0.1, 0.15) is 11.5 Å². The Hall–Kier alpha value is -2.01. The smallest absolute Gasteiger partial charge is 0.211 e. The number of nitrogens with zero attached hydrogens (tertiary/aromatic N) is 3. The molecule has 1 fully saturated rings. The molecule has 5 rings (SSSR count). The molecule has 2 aromatic rings. The van der Waals surface area contributed by atoms with Crippen LogP contribution in [0.2, 0.25) is 0 Å². The first-order valence-corrected chi connectivity index (χ1v) is 9.55. The Labute approximate surface area is 151 Å². The summed E-state index contributed by atoms with van der Waals surface area (Å²) in [6.45, 7) is 6.70. The quantitative estimate of drug-likeness (QED) is 0.689. The van der Waals surface area contributed by atoms with Crippen molar-refractivity contribution in [2.75, 3.05) is 0 Å². The summed E-state index contributed by atoms with van der Waals surface area (Å²) in [6.07, 6.45) is 6.71. The van der Waals surface area contributed by atoms with Crippen LogP contribution in [-0.4, -0.2) is 10.9 Å². The topological polar surface area (TPSA) is 29.6 Å². The van der Waals surface area contributed by atoms with E-state index in [2.05, 4.69) is 30.0 Å². The van der Waals surface area contributed by atoms with Crippen LogP contribution >= 0.6 is 11.3 Å². The third-order valence-electron chi connectivity index (χ3n) is 5.75. The van der Waals surface area contributed by atoms with Gasteiger partial charge in [-0.25, -0.2) is 14.1 Å². The van der Waals surface area contributed by atoms with E-state index in [9.17, 15) is 4.39 Å². The number of halogens is 1. The monoisotopic (exact) mass is 355 g/mol. The number of thiazole rings is 1. The van der Waals surface area contributed by atoms with Crippen LogP contribution in [0.5, 0.6) is 0 Å². The van der Waals surface area contributed by atoms with Gasteiger partial charge in [0.15, 0.2) is 0 Å². The zero-order chi connectivity index (χ0) is 17.6. The van der Waals surface area contributed by atoms with Crippen LogP contribution in [0.1, 0.15) is 32.4 Å². The Morgan fingerprint density at radius 3 is 2.84 bits per heavy atom. The second-order valence-corrected chi connectivity index (χ2v) is 8.36. The van der Waals surface area contributed by atoms with Gasteiger partial charge in [-0.3, -0.25) is 0 Å². The summed E-state index contributed by atoms with van der Waals surface area (Å²) < 4.78 is 15.7. The Kier molecular flexibility index (Phi) is 3.99. The Morgan fingerprint density at radius 2 is 2.12 bits per heavy atom. The summed E-state index contributed by atoms with van der Waals surface area (Å²) >= 11 is 1.47. The highest BCUT2D eigenvalue weighted by Gasteiger charge is 2.50. The van der Waals surface area contributed by atoms with Crippen molar-refractivity contribution < 1.29 is 4.39 Å². The molecule has 0 N–H and O–H groups in total. The van der Waals surface area contributed by atoms with Gasteiger partial charge in [-0.15, -0.1) is 11.3 Å². The average Bonchev–Trinajstić information content (AvgIpc) is 2.95. The molecule has 1 aromatic carbocycles. The number of rotatable bonds is 3. The molecule has 1 aromatic heterocycles. The van der Waals surface area contributed by atoms with E-state index in [1.807, 2.05) is 18.5 Å². The minimum absolute atomic E-state index is 0.318. The molecule has 3 aliphatic carbocycles. The minimum Gasteiger partial charge on any atom is -0.217 e.